The van der Waals surface area contributed by atoms with Crippen molar-refractivity contribution in [1.82, 2.24) is 10.6 Å². The number of amides is 1. The lowest BCUT2D eigenvalue weighted by Crippen LogP contribution is -2.28. The number of carbonyl (C=O) groups excluding carboxylic acids is 1. The molecule has 18 heavy (non-hydrogen) atoms. The number of nitrogens with one attached hydrogen (secondary N) is 2. The molecule has 98 valence electrons. The molecule has 0 saturated carbocycles. The summed E-state index contributed by atoms with van der Waals surface area (Å²) in [5, 5.41) is 6.11. The fraction of sp³-hybridized carbons (Fsp3) is 0.533. The standard InChI is InChI=1S/C15H22N2O/c1-16-10-4-7-15(18)17-11-13-9-8-12-5-2-3-6-14(12)13/h2-3,5-6,13,16H,4,7-11H2,1H3,(H,17,18). The summed E-state index contributed by atoms with van der Waals surface area (Å²) in [6.45, 7) is 1.69. The van der Waals surface area contributed by atoms with Crippen LogP contribution in [0, 0.1) is 0 Å². The highest BCUT2D eigenvalue weighted by molar-refractivity contribution is 5.75. The van der Waals surface area contributed by atoms with Crippen molar-refractivity contribution in [3.63, 3.8) is 0 Å². The molecule has 1 aromatic carbocycles. The lowest BCUT2D eigenvalue weighted by atomic mass is 10.0. The molecule has 0 bridgehead atoms. The van der Waals surface area contributed by atoms with E-state index in [0.29, 0.717) is 12.3 Å². The van der Waals surface area contributed by atoms with Gasteiger partial charge in [-0.2, -0.15) is 0 Å². The van der Waals surface area contributed by atoms with E-state index in [0.717, 1.165) is 32.4 Å². The summed E-state index contributed by atoms with van der Waals surface area (Å²) in [5.74, 6) is 0.684. The fourth-order valence-electron chi connectivity index (χ4n) is 2.61. The zero-order chi connectivity index (χ0) is 12.8. The van der Waals surface area contributed by atoms with Crippen LogP contribution in [-0.2, 0) is 11.2 Å². The van der Waals surface area contributed by atoms with E-state index in [1.165, 1.54) is 11.1 Å². The van der Waals surface area contributed by atoms with Crippen molar-refractivity contribution in [3.05, 3.63) is 35.4 Å². The van der Waals surface area contributed by atoms with Crippen molar-refractivity contribution in [2.75, 3.05) is 20.1 Å². The number of benzene rings is 1. The molecule has 1 aliphatic rings. The van der Waals surface area contributed by atoms with Gasteiger partial charge in [-0.05, 0) is 44.0 Å². The molecule has 0 saturated heterocycles. The van der Waals surface area contributed by atoms with Crippen LogP contribution in [0.2, 0.25) is 0 Å². The van der Waals surface area contributed by atoms with E-state index < -0.39 is 0 Å². The molecule has 0 fully saturated rings. The van der Waals surface area contributed by atoms with Gasteiger partial charge in [-0.3, -0.25) is 4.79 Å². The van der Waals surface area contributed by atoms with Crippen LogP contribution in [0.4, 0.5) is 0 Å². The number of carbonyl (C=O) groups is 1. The molecular formula is C15H22N2O. The molecule has 0 aliphatic heterocycles. The van der Waals surface area contributed by atoms with Gasteiger partial charge in [-0.1, -0.05) is 24.3 Å². The second kappa shape index (κ2) is 6.55. The number of aryl methyl sites for hydroxylation is 1. The Bertz CT molecular complexity index is 403. The Labute approximate surface area is 109 Å². The average molecular weight is 246 g/mol. The molecule has 1 amide bonds. The van der Waals surface area contributed by atoms with Gasteiger partial charge in [-0.15, -0.1) is 0 Å². The first-order valence-electron chi connectivity index (χ1n) is 6.80. The van der Waals surface area contributed by atoms with E-state index in [1.807, 2.05) is 7.05 Å². The largest absolute Gasteiger partial charge is 0.355 e. The normalized spacial score (nSPS) is 17.5. The maximum Gasteiger partial charge on any atom is 0.220 e. The highest BCUT2D eigenvalue weighted by Gasteiger charge is 2.21. The topological polar surface area (TPSA) is 41.1 Å². The van der Waals surface area contributed by atoms with Crippen molar-refractivity contribution in [2.24, 2.45) is 0 Å². The molecule has 3 nitrogen and oxygen atoms in total. The van der Waals surface area contributed by atoms with Gasteiger partial charge in [0, 0.05) is 18.9 Å². The minimum Gasteiger partial charge on any atom is -0.355 e. The first-order valence-corrected chi connectivity index (χ1v) is 6.80. The van der Waals surface area contributed by atoms with Gasteiger partial charge in [0.05, 0.1) is 0 Å². The predicted octanol–water partition coefficient (Wildman–Crippen LogP) is 1.83. The second-order valence-electron chi connectivity index (χ2n) is 4.95. The first-order chi connectivity index (χ1) is 8.81. The summed E-state index contributed by atoms with van der Waals surface area (Å²) in [6, 6.07) is 8.58. The Morgan fingerprint density at radius 3 is 3.06 bits per heavy atom. The maximum atomic E-state index is 11.6. The summed E-state index contributed by atoms with van der Waals surface area (Å²) in [6.07, 6.45) is 3.84. The quantitative estimate of drug-likeness (QED) is 0.752. The van der Waals surface area contributed by atoms with Crippen molar-refractivity contribution < 1.29 is 4.79 Å². The highest BCUT2D eigenvalue weighted by atomic mass is 16.1. The van der Waals surface area contributed by atoms with Crippen LogP contribution in [0.5, 0.6) is 0 Å². The molecule has 2 rings (SSSR count). The molecule has 3 heteroatoms. The molecule has 1 aromatic rings. The Balaban J connectivity index is 1.77. The fourth-order valence-corrected chi connectivity index (χ4v) is 2.61. The highest BCUT2D eigenvalue weighted by Crippen LogP contribution is 2.32. The van der Waals surface area contributed by atoms with Crippen LogP contribution >= 0.6 is 0 Å². The van der Waals surface area contributed by atoms with E-state index in [2.05, 4.69) is 34.9 Å². The Hall–Kier alpha value is -1.35. The average Bonchev–Trinajstić information content (AvgIpc) is 2.80. The monoisotopic (exact) mass is 246 g/mol. The number of fused-ring (bicyclic) bond motifs is 1. The smallest absolute Gasteiger partial charge is 0.220 e. The maximum absolute atomic E-state index is 11.6. The van der Waals surface area contributed by atoms with Crippen LogP contribution in [-0.4, -0.2) is 26.0 Å². The Kier molecular flexibility index (Phi) is 4.76. The van der Waals surface area contributed by atoms with Gasteiger partial charge in [0.15, 0.2) is 0 Å². The van der Waals surface area contributed by atoms with Crippen LogP contribution in [0.25, 0.3) is 0 Å². The summed E-state index contributed by atoms with van der Waals surface area (Å²) < 4.78 is 0. The SMILES string of the molecule is CNCCCC(=O)NCC1CCc2ccccc21. The molecule has 0 heterocycles. The van der Waals surface area contributed by atoms with Crippen molar-refractivity contribution in [3.8, 4) is 0 Å². The van der Waals surface area contributed by atoms with Crippen LogP contribution < -0.4 is 10.6 Å². The van der Waals surface area contributed by atoms with Gasteiger partial charge < -0.3 is 10.6 Å². The second-order valence-corrected chi connectivity index (χ2v) is 4.95. The molecule has 1 unspecified atom stereocenters. The molecule has 0 spiro atoms. The summed E-state index contributed by atoms with van der Waals surface area (Å²) in [5.41, 5.74) is 2.87. The Morgan fingerprint density at radius 2 is 2.22 bits per heavy atom. The summed E-state index contributed by atoms with van der Waals surface area (Å²) in [7, 11) is 1.91. The molecule has 1 atom stereocenters. The van der Waals surface area contributed by atoms with Gasteiger partial charge >= 0.3 is 0 Å². The summed E-state index contributed by atoms with van der Waals surface area (Å²) in [4.78, 5) is 11.6. The lowest BCUT2D eigenvalue weighted by Gasteiger charge is -2.12. The number of hydrogen-bond donors (Lipinski definition) is 2. The number of hydrogen-bond acceptors (Lipinski definition) is 2. The van der Waals surface area contributed by atoms with Gasteiger partial charge in [0.2, 0.25) is 5.91 Å². The molecule has 1 aliphatic carbocycles. The van der Waals surface area contributed by atoms with Gasteiger partial charge in [0.1, 0.15) is 0 Å². The molecule has 0 radical (unpaired) electrons. The van der Waals surface area contributed by atoms with E-state index in [-0.39, 0.29) is 5.91 Å². The lowest BCUT2D eigenvalue weighted by molar-refractivity contribution is -0.121. The van der Waals surface area contributed by atoms with E-state index in [9.17, 15) is 4.79 Å². The molecule has 0 aromatic heterocycles. The van der Waals surface area contributed by atoms with E-state index in [4.69, 9.17) is 0 Å². The first kappa shape index (κ1) is 13.1. The third-order valence-electron chi connectivity index (χ3n) is 3.63. The van der Waals surface area contributed by atoms with E-state index in [1.54, 1.807) is 0 Å². The van der Waals surface area contributed by atoms with Gasteiger partial charge in [-0.25, -0.2) is 0 Å². The van der Waals surface area contributed by atoms with Gasteiger partial charge in [0.25, 0.3) is 0 Å². The van der Waals surface area contributed by atoms with Crippen LogP contribution in [0.1, 0.15) is 36.3 Å². The zero-order valence-electron chi connectivity index (χ0n) is 11.0. The van der Waals surface area contributed by atoms with Crippen LogP contribution in [0.3, 0.4) is 0 Å². The minimum absolute atomic E-state index is 0.176. The molecule has 2 N–H and O–H groups in total. The van der Waals surface area contributed by atoms with Crippen LogP contribution in [0.15, 0.2) is 24.3 Å². The molecular weight excluding hydrogens is 224 g/mol. The summed E-state index contributed by atoms with van der Waals surface area (Å²) >= 11 is 0. The van der Waals surface area contributed by atoms with E-state index >= 15 is 0 Å². The third kappa shape index (κ3) is 3.33. The third-order valence-corrected chi connectivity index (χ3v) is 3.63. The van der Waals surface area contributed by atoms with Crippen molar-refractivity contribution >= 4 is 5.91 Å². The minimum atomic E-state index is 0.176. The predicted molar refractivity (Wildman–Crippen MR) is 73.7 cm³/mol. The van der Waals surface area contributed by atoms with Crippen molar-refractivity contribution in [1.29, 1.82) is 0 Å². The van der Waals surface area contributed by atoms with Crippen molar-refractivity contribution in [2.45, 2.75) is 31.6 Å². The number of rotatable bonds is 6. The zero-order valence-corrected chi connectivity index (χ0v) is 11.0. The Morgan fingerprint density at radius 1 is 1.39 bits per heavy atom.